The Morgan fingerprint density at radius 1 is 1.33 bits per heavy atom. The van der Waals surface area contributed by atoms with Crippen molar-refractivity contribution in [2.75, 3.05) is 0 Å². The second-order valence-electron chi connectivity index (χ2n) is 4.60. The molecule has 0 aromatic heterocycles. The summed E-state index contributed by atoms with van der Waals surface area (Å²) in [5.74, 6) is 0.460. The van der Waals surface area contributed by atoms with Crippen molar-refractivity contribution >= 4 is 15.9 Å². The highest BCUT2D eigenvalue weighted by Crippen LogP contribution is 2.66. The van der Waals surface area contributed by atoms with Gasteiger partial charge < -0.3 is 5.11 Å². The van der Waals surface area contributed by atoms with Crippen LogP contribution in [0.3, 0.4) is 0 Å². The lowest BCUT2D eigenvalue weighted by atomic mass is 9.99. The Labute approximate surface area is 96.4 Å². The second kappa shape index (κ2) is 3.05. The molecule has 15 heavy (non-hydrogen) atoms. The van der Waals surface area contributed by atoms with Crippen LogP contribution in [-0.4, -0.2) is 5.11 Å². The number of hydrogen-bond donors (Lipinski definition) is 1. The zero-order valence-electron chi connectivity index (χ0n) is 8.21. The summed E-state index contributed by atoms with van der Waals surface area (Å²) >= 11 is 3.12. The van der Waals surface area contributed by atoms with E-state index in [4.69, 9.17) is 0 Å². The largest absolute Gasteiger partial charge is 0.385 e. The van der Waals surface area contributed by atoms with E-state index in [0.717, 1.165) is 18.4 Å². The van der Waals surface area contributed by atoms with Crippen LogP contribution in [0.1, 0.15) is 24.8 Å². The van der Waals surface area contributed by atoms with E-state index in [1.54, 1.807) is 6.07 Å². The maximum atomic E-state index is 13.4. The van der Waals surface area contributed by atoms with Crippen LogP contribution in [0.2, 0.25) is 0 Å². The molecule has 0 heterocycles. The molecular formula is C12H12BrFO. The van der Waals surface area contributed by atoms with E-state index < -0.39 is 5.60 Å². The molecule has 0 spiro atoms. The van der Waals surface area contributed by atoms with Gasteiger partial charge in [0.05, 0.1) is 10.1 Å². The van der Waals surface area contributed by atoms with Crippen LogP contribution in [-0.2, 0) is 5.60 Å². The first-order valence-corrected chi connectivity index (χ1v) is 6.11. The second-order valence-corrected chi connectivity index (χ2v) is 5.45. The number of rotatable bonds is 1. The highest BCUT2D eigenvalue weighted by Gasteiger charge is 2.66. The van der Waals surface area contributed by atoms with Crippen molar-refractivity contribution in [3.63, 3.8) is 0 Å². The van der Waals surface area contributed by atoms with Crippen LogP contribution in [0, 0.1) is 17.7 Å². The minimum atomic E-state index is -0.722. The Bertz CT molecular complexity index is 408. The smallest absolute Gasteiger partial charge is 0.137 e. The van der Waals surface area contributed by atoms with Crippen LogP contribution in [0.25, 0.3) is 0 Å². The molecule has 0 saturated heterocycles. The number of fused-ring (bicyclic) bond motifs is 1. The Kier molecular flexibility index (Phi) is 1.99. The van der Waals surface area contributed by atoms with Crippen LogP contribution >= 0.6 is 15.9 Å². The number of halogens is 2. The molecule has 1 aromatic carbocycles. The van der Waals surface area contributed by atoms with Gasteiger partial charge in [-0.3, -0.25) is 0 Å². The highest BCUT2D eigenvalue weighted by molar-refractivity contribution is 9.10. The van der Waals surface area contributed by atoms with E-state index in [2.05, 4.69) is 15.9 Å². The molecule has 0 bridgehead atoms. The first-order valence-electron chi connectivity index (χ1n) is 5.32. The van der Waals surface area contributed by atoms with Crippen molar-refractivity contribution in [1.29, 1.82) is 0 Å². The van der Waals surface area contributed by atoms with E-state index in [1.807, 2.05) is 6.07 Å². The van der Waals surface area contributed by atoms with Crippen LogP contribution in [0.5, 0.6) is 0 Å². The third-order valence-electron chi connectivity index (χ3n) is 3.92. The molecular weight excluding hydrogens is 259 g/mol. The molecule has 2 fully saturated rings. The molecule has 2 aliphatic carbocycles. The summed E-state index contributed by atoms with van der Waals surface area (Å²) in [7, 11) is 0. The van der Waals surface area contributed by atoms with Gasteiger partial charge in [-0.2, -0.15) is 0 Å². The monoisotopic (exact) mass is 270 g/mol. The number of hydrogen-bond acceptors (Lipinski definition) is 1. The molecule has 0 radical (unpaired) electrons. The first-order chi connectivity index (χ1) is 7.14. The summed E-state index contributed by atoms with van der Waals surface area (Å²) in [6.07, 6.45) is 3.37. The SMILES string of the molecule is OC1(c2ccc(Br)c(F)c2)C2CCCC21. The van der Waals surface area contributed by atoms with Crippen LogP contribution in [0.15, 0.2) is 22.7 Å². The molecule has 0 aliphatic heterocycles. The summed E-state index contributed by atoms with van der Waals surface area (Å²) in [5, 5.41) is 10.4. The van der Waals surface area contributed by atoms with Crippen molar-refractivity contribution in [3.8, 4) is 0 Å². The summed E-state index contributed by atoms with van der Waals surface area (Å²) in [6.45, 7) is 0. The van der Waals surface area contributed by atoms with Crippen molar-refractivity contribution < 1.29 is 9.50 Å². The van der Waals surface area contributed by atoms with E-state index in [1.165, 1.54) is 12.5 Å². The van der Waals surface area contributed by atoms with Gasteiger partial charge >= 0.3 is 0 Å². The molecule has 3 heteroatoms. The highest BCUT2D eigenvalue weighted by atomic mass is 79.9. The van der Waals surface area contributed by atoms with Gasteiger partial charge in [-0.1, -0.05) is 12.5 Å². The fourth-order valence-corrected chi connectivity index (χ4v) is 3.34. The maximum Gasteiger partial charge on any atom is 0.137 e. The summed E-state index contributed by atoms with van der Waals surface area (Å²) in [5.41, 5.74) is 0.0256. The van der Waals surface area contributed by atoms with Crippen LogP contribution < -0.4 is 0 Å². The van der Waals surface area contributed by atoms with Gasteiger partial charge in [0.1, 0.15) is 5.82 Å². The third-order valence-corrected chi connectivity index (χ3v) is 4.56. The molecule has 1 aromatic rings. The lowest BCUT2D eigenvalue weighted by Gasteiger charge is -2.14. The predicted octanol–water partition coefficient (Wildman–Crippen LogP) is 3.21. The Morgan fingerprint density at radius 3 is 2.60 bits per heavy atom. The van der Waals surface area contributed by atoms with Gasteiger partial charge in [-0.25, -0.2) is 4.39 Å². The molecule has 2 unspecified atom stereocenters. The Morgan fingerprint density at radius 2 is 2.00 bits per heavy atom. The minimum absolute atomic E-state index is 0.286. The molecule has 2 atom stereocenters. The third kappa shape index (κ3) is 1.23. The maximum absolute atomic E-state index is 13.4. The van der Waals surface area contributed by atoms with E-state index in [0.29, 0.717) is 16.3 Å². The molecule has 0 amide bonds. The standard InChI is InChI=1S/C12H12BrFO/c13-10-5-4-7(6-11(10)14)12(15)8-2-1-3-9(8)12/h4-6,8-9,15H,1-3H2. The van der Waals surface area contributed by atoms with E-state index in [9.17, 15) is 9.50 Å². The average Bonchev–Trinajstić information content (AvgIpc) is 2.66. The summed E-state index contributed by atoms with van der Waals surface area (Å²) < 4.78 is 13.8. The first kappa shape index (κ1) is 9.79. The number of aliphatic hydroxyl groups is 1. The van der Waals surface area contributed by atoms with Gasteiger partial charge in [-0.05, 0) is 58.3 Å². The minimum Gasteiger partial charge on any atom is -0.385 e. The normalized spacial score (nSPS) is 37.8. The molecule has 2 saturated carbocycles. The topological polar surface area (TPSA) is 20.2 Å². The van der Waals surface area contributed by atoms with E-state index >= 15 is 0 Å². The molecule has 1 N–H and O–H groups in total. The van der Waals surface area contributed by atoms with Gasteiger partial charge in [0.2, 0.25) is 0 Å². The predicted molar refractivity (Wildman–Crippen MR) is 58.8 cm³/mol. The number of benzene rings is 1. The fraction of sp³-hybridized carbons (Fsp3) is 0.500. The summed E-state index contributed by atoms with van der Waals surface area (Å²) in [6, 6.07) is 4.96. The Hall–Kier alpha value is -0.410. The quantitative estimate of drug-likeness (QED) is 0.831. The van der Waals surface area contributed by atoms with Crippen molar-refractivity contribution in [2.45, 2.75) is 24.9 Å². The zero-order chi connectivity index (χ0) is 10.6. The van der Waals surface area contributed by atoms with E-state index in [-0.39, 0.29) is 5.82 Å². The Balaban J connectivity index is 1.97. The molecule has 1 nitrogen and oxygen atoms in total. The fourth-order valence-electron chi connectivity index (χ4n) is 3.10. The lowest BCUT2D eigenvalue weighted by Crippen LogP contribution is -2.13. The van der Waals surface area contributed by atoms with Gasteiger partial charge in [0.25, 0.3) is 0 Å². The van der Waals surface area contributed by atoms with Crippen molar-refractivity contribution in [3.05, 3.63) is 34.1 Å². The van der Waals surface area contributed by atoms with Gasteiger partial charge in [0, 0.05) is 0 Å². The molecule has 80 valence electrons. The van der Waals surface area contributed by atoms with Crippen LogP contribution in [0.4, 0.5) is 4.39 Å². The molecule has 3 rings (SSSR count). The molecule has 2 aliphatic rings. The summed E-state index contributed by atoms with van der Waals surface area (Å²) in [4.78, 5) is 0. The zero-order valence-corrected chi connectivity index (χ0v) is 9.80. The van der Waals surface area contributed by atoms with Gasteiger partial charge in [-0.15, -0.1) is 0 Å². The van der Waals surface area contributed by atoms with Crippen molar-refractivity contribution in [2.24, 2.45) is 11.8 Å². The van der Waals surface area contributed by atoms with Crippen molar-refractivity contribution in [1.82, 2.24) is 0 Å². The van der Waals surface area contributed by atoms with Gasteiger partial charge in [0.15, 0.2) is 0 Å². The lowest BCUT2D eigenvalue weighted by molar-refractivity contribution is 0.105. The average molecular weight is 271 g/mol.